The molecule has 0 spiro atoms. The number of carbonyl (C=O) groups is 1. The minimum Gasteiger partial charge on any atom is -0.497 e. The van der Waals surface area contributed by atoms with Crippen LogP contribution in [0.1, 0.15) is 27.8 Å². The zero-order valence-electron chi connectivity index (χ0n) is 17.8. The third-order valence-corrected chi connectivity index (χ3v) is 6.22. The van der Waals surface area contributed by atoms with E-state index in [4.69, 9.17) is 4.74 Å². The Morgan fingerprint density at radius 1 is 1.10 bits per heavy atom. The van der Waals surface area contributed by atoms with Crippen molar-refractivity contribution in [3.63, 3.8) is 0 Å². The Bertz CT molecular complexity index is 1090. The number of hydrogen-bond donors (Lipinski definition) is 1. The third kappa shape index (κ3) is 4.03. The lowest BCUT2D eigenvalue weighted by Gasteiger charge is -2.25. The van der Waals surface area contributed by atoms with Crippen molar-refractivity contribution >= 4 is 11.6 Å². The maximum absolute atomic E-state index is 12.8. The summed E-state index contributed by atoms with van der Waals surface area (Å²) in [6.45, 7) is 5.69. The molecular formula is C23H26N6O2. The molecule has 8 heteroatoms. The van der Waals surface area contributed by atoms with Crippen LogP contribution in [0.15, 0.2) is 42.5 Å². The fourth-order valence-corrected chi connectivity index (χ4v) is 4.70. The fraction of sp³-hybridized carbons (Fsp3) is 0.391. The summed E-state index contributed by atoms with van der Waals surface area (Å²) in [7, 11) is 1.62. The molecule has 8 nitrogen and oxygen atoms in total. The summed E-state index contributed by atoms with van der Waals surface area (Å²) in [6, 6.07) is 13.4. The van der Waals surface area contributed by atoms with Crippen LogP contribution in [0.5, 0.6) is 5.75 Å². The number of benzene rings is 1. The van der Waals surface area contributed by atoms with Crippen LogP contribution in [0.2, 0.25) is 0 Å². The van der Waals surface area contributed by atoms with Gasteiger partial charge in [0.2, 0.25) is 5.82 Å². The van der Waals surface area contributed by atoms with Gasteiger partial charge in [0.05, 0.1) is 12.8 Å². The Morgan fingerprint density at radius 2 is 1.90 bits per heavy atom. The zero-order chi connectivity index (χ0) is 21.4. The molecule has 5 rings (SSSR count). The molecule has 2 atom stereocenters. The number of rotatable bonds is 5. The average Bonchev–Trinajstić information content (AvgIpc) is 3.35. The van der Waals surface area contributed by atoms with E-state index in [9.17, 15) is 4.79 Å². The number of carbonyl (C=O) groups excluding carboxylic acids is 1. The van der Waals surface area contributed by atoms with Gasteiger partial charge in [0.1, 0.15) is 11.6 Å². The SMILES string of the molecule is COc1ccc(NC(=O)c2nnc3n2CC2CN(Cc4cccc(C)n4)CC2C3)cc1. The molecule has 1 amide bonds. The normalized spacial score (nSPS) is 20.2. The molecule has 0 bridgehead atoms. The smallest absolute Gasteiger partial charge is 0.293 e. The lowest BCUT2D eigenvalue weighted by atomic mass is 9.89. The van der Waals surface area contributed by atoms with Crippen LogP contribution in [-0.4, -0.2) is 50.8 Å². The van der Waals surface area contributed by atoms with Gasteiger partial charge in [0.15, 0.2) is 0 Å². The van der Waals surface area contributed by atoms with Crippen LogP contribution in [0.3, 0.4) is 0 Å². The van der Waals surface area contributed by atoms with Gasteiger partial charge >= 0.3 is 0 Å². The molecule has 2 aliphatic rings. The van der Waals surface area contributed by atoms with Crippen molar-refractivity contribution < 1.29 is 9.53 Å². The van der Waals surface area contributed by atoms with E-state index in [1.807, 2.05) is 41.8 Å². The molecular weight excluding hydrogens is 392 g/mol. The van der Waals surface area contributed by atoms with Gasteiger partial charge in [0.25, 0.3) is 5.91 Å². The topological polar surface area (TPSA) is 85.2 Å². The summed E-state index contributed by atoms with van der Waals surface area (Å²) in [6.07, 6.45) is 0.852. The van der Waals surface area contributed by atoms with Gasteiger partial charge in [-0.1, -0.05) is 6.07 Å². The van der Waals surface area contributed by atoms with Gasteiger partial charge in [-0.05, 0) is 55.2 Å². The second-order valence-electron chi connectivity index (χ2n) is 8.42. The third-order valence-electron chi connectivity index (χ3n) is 6.22. The molecule has 0 aliphatic carbocycles. The Morgan fingerprint density at radius 3 is 2.68 bits per heavy atom. The first kappa shape index (κ1) is 19.7. The number of amides is 1. The lowest BCUT2D eigenvalue weighted by Crippen LogP contribution is -2.31. The molecule has 31 heavy (non-hydrogen) atoms. The van der Waals surface area contributed by atoms with Crippen LogP contribution in [-0.2, 0) is 19.5 Å². The van der Waals surface area contributed by atoms with E-state index in [1.54, 1.807) is 7.11 Å². The van der Waals surface area contributed by atoms with Crippen LogP contribution in [0.4, 0.5) is 5.69 Å². The Balaban J connectivity index is 1.26. The molecule has 1 aromatic carbocycles. The first-order valence-corrected chi connectivity index (χ1v) is 10.6. The molecule has 2 aromatic heterocycles. The minimum atomic E-state index is -0.235. The van der Waals surface area contributed by atoms with Gasteiger partial charge in [-0.15, -0.1) is 10.2 Å². The quantitative estimate of drug-likeness (QED) is 0.685. The summed E-state index contributed by atoms with van der Waals surface area (Å²) >= 11 is 0. The van der Waals surface area contributed by atoms with Gasteiger partial charge in [-0.3, -0.25) is 14.7 Å². The highest BCUT2D eigenvalue weighted by molar-refractivity contribution is 6.01. The summed E-state index contributed by atoms with van der Waals surface area (Å²) in [5.41, 5.74) is 2.86. The molecule has 1 N–H and O–H groups in total. The maximum atomic E-state index is 12.8. The molecule has 0 saturated carbocycles. The standard InChI is InChI=1S/C23H26N6O2/c1-15-4-3-5-19(24-15)14-28-11-16-10-21-26-27-22(29(21)13-17(16)12-28)23(30)25-18-6-8-20(31-2)9-7-18/h3-9,16-17H,10-14H2,1-2H3,(H,25,30). The molecule has 0 radical (unpaired) electrons. The predicted octanol–water partition coefficient (Wildman–Crippen LogP) is 2.55. The number of hydrogen-bond acceptors (Lipinski definition) is 6. The van der Waals surface area contributed by atoms with Crippen molar-refractivity contribution in [1.29, 1.82) is 0 Å². The van der Waals surface area contributed by atoms with Crippen LogP contribution in [0.25, 0.3) is 0 Å². The van der Waals surface area contributed by atoms with Crippen LogP contribution in [0, 0.1) is 18.8 Å². The Hall–Kier alpha value is -3.26. The molecule has 3 aromatic rings. The van der Waals surface area contributed by atoms with Crippen molar-refractivity contribution in [2.24, 2.45) is 11.8 Å². The Labute approximate surface area is 181 Å². The molecule has 1 saturated heterocycles. The number of aromatic nitrogens is 4. The van der Waals surface area contributed by atoms with E-state index in [0.29, 0.717) is 23.3 Å². The molecule has 1 fully saturated rings. The van der Waals surface area contributed by atoms with Crippen molar-refractivity contribution in [2.75, 3.05) is 25.5 Å². The largest absolute Gasteiger partial charge is 0.497 e. The van der Waals surface area contributed by atoms with E-state index in [1.165, 1.54) is 0 Å². The summed E-state index contributed by atoms with van der Waals surface area (Å²) in [5, 5.41) is 11.4. The second kappa shape index (κ2) is 8.11. The number of ether oxygens (including phenoxy) is 1. The average molecular weight is 419 g/mol. The number of anilines is 1. The fourth-order valence-electron chi connectivity index (χ4n) is 4.70. The predicted molar refractivity (Wildman–Crippen MR) is 116 cm³/mol. The van der Waals surface area contributed by atoms with Gasteiger partial charge < -0.3 is 14.6 Å². The van der Waals surface area contributed by atoms with E-state index < -0.39 is 0 Å². The summed E-state index contributed by atoms with van der Waals surface area (Å²) in [4.78, 5) is 20.0. The molecule has 2 unspecified atom stereocenters. The lowest BCUT2D eigenvalue weighted by molar-refractivity contribution is 0.100. The van der Waals surface area contributed by atoms with Crippen molar-refractivity contribution in [1.82, 2.24) is 24.6 Å². The zero-order valence-corrected chi connectivity index (χ0v) is 17.8. The highest BCUT2D eigenvalue weighted by Gasteiger charge is 2.39. The first-order chi connectivity index (χ1) is 15.1. The number of methoxy groups -OCH3 is 1. The summed E-state index contributed by atoms with van der Waals surface area (Å²) in [5.74, 6) is 2.82. The van der Waals surface area contributed by atoms with Gasteiger partial charge in [0, 0.05) is 44.0 Å². The summed E-state index contributed by atoms with van der Waals surface area (Å²) < 4.78 is 7.16. The van der Waals surface area contributed by atoms with Crippen molar-refractivity contribution in [3.8, 4) is 5.75 Å². The Kier molecular flexibility index (Phi) is 5.15. The van der Waals surface area contributed by atoms with Gasteiger partial charge in [-0.25, -0.2) is 0 Å². The van der Waals surface area contributed by atoms with Crippen molar-refractivity contribution in [2.45, 2.75) is 26.4 Å². The molecule has 2 aliphatic heterocycles. The second-order valence-corrected chi connectivity index (χ2v) is 8.42. The van der Waals surface area contributed by atoms with Crippen LogP contribution >= 0.6 is 0 Å². The van der Waals surface area contributed by atoms with E-state index in [2.05, 4.69) is 37.5 Å². The monoisotopic (exact) mass is 418 g/mol. The maximum Gasteiger partial charge on any atom is 0.293 e. The number of fused-ring (bicyclic) bond motifs is 2. The number of nitrogens with one attached hydrogen (secondary N) is 1. The molecule has 4 heterocycles. The van der Waals surface area contributed by atoms with Gasteiger partial charge in [-0.2, -0.15) is 0 Å². The number of likely N-dealkylation sites (tertiary alicyclic amines) is 1. The van der Waals surface area contributed by atoms with E-state index in [-0.39, 0.29) is 5.91 Å². The van der Waals surface area contributed by atoms with Crippen molar-refractivity contribution in [3.05, 3.63) is 65.5 Å². The number of pyridine rings is 1. The number of aryl methyl sites for hydroxylation is 1. The van der Waals surface area contributed by atoms with Crippen LogP contribution < -0.4 is 10.1 Å². The van der Waals surface area contributed by atoms with E-state index >= 15 is 0 Å². The highest BCUT2D eigenvalue weighted by Crippen LogP contribution is 2.33. The van der Waals surface area contributed by atoms with E-state index in [0.717, 1.165) is 55.6 Å². The number of nitrogens with zero attached hydrogens (tertiary/aromatic N) is 5. The first-order valence-electron chi connectivity index (χ1n) is 10.6. The highest BCUT2D eigenvalue weighted by atomic mass is 16.5. The molecule has 160 valence electrons. The minimum absolute atomic E-state index is 0.235.